The van der Waals surface area contributed by atoms with E-state index in [1.807, 2.05) is 130 Å². The third kappa shape index (κ3) is 16.7. The first-order valence-corrected chi connectivity index (χ1v) is 49.5. The quantitative estimate of drug-likeness (QED) is 0.110. The van der Waals surface area contributed by atoms with E-state index in [-0.39, 0.29) is 123 Å². The van der Waals surface area contributed by atoms with Crippen LogP contribution in [0.2, 0.25) is 0 Å². The Morgan fingerprint density at radius 1 is 0.454 bits per heavy atom. The van der Waals surface area contributed by atoms with Gasteiger partial charge in [0, 0.05) is 141 Å². The zero-order chi connectivity index (χ0) is 99.0. The first-order valence-electron chi connectivity index (χ1n) is 49.5. The molecule has 12 atom stereocenters. The number of nitrogens with zero attached hydrogens (tertiary/aromatic N) is 17. The molecule has 22 rings (SSSR count). The molecule has 10 aliphatic rings. The number of Topliss-reactive ketones (excluding diaryl/α,β-unsaturated/α-hetero) is 4. The van der Waals surface area contributed by atoms with Gasteiger partial charge < -0.3 is 29.0 Å². The average Bonchev–Trinajstić information content (AvgIpc) is 1.59. The number of allylic oxidation sites excluding steroid dienone is 8. The zero-order valence-corrected chi connectivity index (χ0v) is 81.8. The van der Waals surface area contributed by atoms with Gasteiger partial charge in [-0.3, -0.25) is 23.7 Å². The number of carbonyl (C=O) groups excluding carboxylic acids is 5. The van der Waals surface area contributed by atoms with E-state index in [4.69, 9.17) is 46.6 Å². The van der Waals surface area contributed by atoms with Crippen molar-refractivity contribution in [2.75, 3.05) is 36.0 Å². The molecule has 0 saturated carbocycles. The minimum absolute atomic E-state index is 0.0532. The van der Waals surface area contributed by atoms with Crippen molar-refractivity contribution >= 4 is 40.4 Å². The topological polar surface area (TPSA) is 219 Å². The smallest absolute Gasteiger partial charge is 0.229 e. The van der Waals surface area contributed by atoms with Crippen LogP contribution < -0.4 is 9.80 Å². The number of fused-ring (bicyclic) bond motifs is 12. The largest absolute Gasteiger partial charge is 0.371 e. The Hall–Kier alpha value is -14.9. The van der Waals surface area contributed by atoms with Crippen LogP contribution in [0, 0.1) is 92.2 Å². The van der Waals surface area contributed by atoms with E-state index < -0.39 is 21.7 Å². The van der Waals surface area contributed by atoms with Gasteiger partial charge in [0.15, 0.2) is 23.1 Å². The van der Waals surface area contributed by atoms with Gasteiger partial charge in [-0.15, -0.1) is 0 Å². The van der Waals surface area contributed by atoms with Crippen LogP contribution in [-0.4, -0.2) is 109 Å². The van der Waals surface area contributed by atoms with E-state index in [2.05, 4.69) is 180 Å². The van der Waals surface area contributed by atoms with Gasteiger partial charge >= 0.3 is 0 Å². The molecule has 2 aliphatic heterocycles. The van der Waals surface area contributed by atoms with Crippen LogP contribution >= 0.6 is 0 Å². The molecule has 22 nitrogen and oxygen atoms in total. The number of halogens is 2. The molecule has 2 fully saturated rings. The molecule has 712 valence electrons. The summed E-state index contributed by atoms with van der Waals surface area (Å²) in [4.78, 5) is 92.6. The van der Waals surface area contributed by atoms with Crippen LogP contribution in [-0.2, 0) is 66.5 Å². The average molecular weight is 1880 g/mol. The number of para-hydroxylation sites is 2. The molecule has 0 unspecified atom stereocenters. The number of rotatable bonds is 11. The van der Waals surface area contributed by atoms with Crippen molar-refractivity contribution in [3.05, 3.63) is 355 Å². The van der Waals surface area contributed by atoms with Crippen molar-refractivity contribution in [1.82, 2.24) is 54.1 Å². The second kappa shape index (κ2) is 38.0. The molecule has 0 N–H and O–H groups in total. The molecule has 0 bridgehead atoms. The molecule has 24 heteroatoms. The minimum Gasteiger partial charge on any atom is -0.371 e. The molecule has 141 heavy (non-hydrogen) atoms. The monoisotopic (exact) mass is 1880 g/mol. The summed E-state index contributed by atoms with van der Waals surface area (Å²) in [5.41, 5.74) is 19.6. The van der Waals surface area contributed by atoms with E-state index in [0.717, 1.165) is 187 Å². The molecule has 2 saturated heterocycles. The third-order valence-corrected chi connectivity index (χ3v) is 32.6. The van der Waals surface area contributed by atoms with Gasteiger partial charge in [-0.05, 0) is 204 Å². The third-order valence-electron chi connectivity index (χ3n) is 32.6. The Morgan fingerprint density at radius 2 is 0.901 bits per heavy atom. The number of aromatic nitrogens is 11. The fourth-order valence-corrected chi connectivity index (χ4v) is 25.3. The molecule has 0 spiro atoms. The molecule has 8 heterocycles. The van der Waals surface area contributed by atoms with Crippen LogP contribution in [0.4, 0.5) is 20.2 Å². The number of anilines is 2. The lowest BCUT2D eigenvalue weighted by Crippen LogP contribution is -2.47. The van der Waals surface area contributed by atoms with Crippen LogP contribution in [0.5, 0.6) is 0 Å². The van der Waals surface area contributed by atoms with Crippen molar-refractivity contribution in [2.24, 2.45) is 47.3 Å². The van der Waals surface area contributed by atoms with E-state index in [1.54, 1.807) is 42.1 Å². The summed E-state index contributed by atoms with van der Waals surface area (Å²) in [6.45, 7) is 58.1. The molecular formula is C117H115F2N17O5. The number of carbonyl (C=O) groups is 5. The van der Waals surface area contributed by atoms with Crippen molar-refractivity contribution in [2.45, 2.75) is 200 Å². The molecule has 0 amide bonds. The van der Waals surface area contributed by atoms with Gasteiger partial charge in [-0.2, -0.15) is 25.5 Å². The van der Waals surface area contributed by atoms with Crippen molar-refractivity contribution in [3.63, 3.8) is 0 Å². The van der Waals surface area contributed by atoms with Gasteiger partial charge in [-0.25, -0.2) is 37.8 Å². The molecule has 12 aromatic rings. The maximum absolute atomic E-state index is 15.3. The number of pyridine rings is 1. The van der Waals surface area contributed by atoms with Crippen molar-refractivity contribution < 1.29 is 32.8 Å². The Bertz CT molecular complexity index is 7280. The number of piperidine rings is 2. The highest BCUT2D eigenvalue weighted by Crippen LogP contribution is 2.58. The molecule has 6 aromatic carbocycles. The Labute approximate surface area is 822 Å². The summed E-state index contributed by atoms with van der Waals surface area (Å²) in [6.07, 6.45) is 21.0. The normalized spacial score (nSPS) is 24.8. The second-order valence-electron chi connectivity index (χ2n) is 41.0. The van der Waals surface area contributed by atoms with Gasteiger partial charge in [0.1, 0.15) is 23.2 Å². The van der Waals surface area contributed by atoms with Gasteiger partial charge in [0.05, 0.1) is 95.8 Å². The second-order valence-corrected chi connectivity index (χ2v) is 41.0. The summed E-state index contributed by atoms with van der Waals surface area (Å²) in [5, 5.41) is 23.7. The summed E-state index contributed by atoms with van der Waals surface area (Å²) < 4.78 is 38.3. The summed E-state index contributed by atoms with van der Waals surface area (Å²) in [7, 11) is 0. The number of benzene rings is 6. The zero-order valence-electron chi connectivity index (χ0n) is 81.8. The number of imidazole rings is 1. The van der Waals surface area contributed by atoms with Crippen molar-refractivity contribution in [1.29, 1.82) is 0 Å². The number of aryl methyl sites for hydroxylation is 1. The predicted octanol–water partition coefficient (Wildman–Crippen LogP) is 23.5. The Balaban J connectivity index is 0.000000120. The fraction of sp³-hybridized carbons (Fsp3) is 0.368. The van der Waals surface area contributed by atoms with E-state index in [0.29, 0.717) is 35.0 Å². The first-order chi connectivity index (χ1) is 67.9. The maximum atomic E-state index is 15.3. The van der Waals surface area contributed by atoms with Crippen LogP contribution in [0.1, 0.15) is 207 Å². The predicted molar refractivity (Wildman–Crippen MR) is 542 cm³/mol. The highest BCUT2D eigenvalue weighted by molar-refractivity contribution is 6.03. The van der Waals surface area contributed by atoms with Crippen LogP contribution in [0.25, 0.3) is 81.5 Å². The lowest BCUT2D eigenvalue weighted by molar-refractivity contribution is -0.122. The lowest BCUT2D eigenvalue weighted by atomic mass is 9.58. The van der Waals surface area contributed by atoms with E-state index in [9.17, 15) is 24.0 Å². The van der Waals surface area contributed by atoms with Crippen LogP contribution in [0.15, 0.2) is 241 Å². The summed E-state index contributed by atoms with van der Waals surface area (Å²) >= 11 is 0. The maximum Gasteiger partial charge on any atom is 0.229 e. The summed E-state index contributed by atoms with van der Waals surface area (Å²) in [5.74, 6) is -0.341. The summed E-state index contributed by atoms with van der Waals surface area (Å²) in [6, 6.07) is 59.4. The van der Waals surface area contributed by atoms with Crippen molar-refractivity contribution in [3.8, 4) is 62.1 Å². The molecule has 8 aliphatic carbocycles. The highest BCUT2D eigenvalue weighted by Gasteiger charge is 2.56. The minimum atomic E-state index is -0.534. The molecule has 0 radical (unpaired) electrons. The van der Waals surface area contributed by atoms with E-state index in [1.165, 1.54) is 29.1 Å². The number of ketones is 4. The Kier molecular flexibility index (Phi) is 25.6. The standard InChI is InChI=1S/2C31H31FN4O.C30H26N6O.C25H27N3O2/c1-20-25-14-13-24-28(23-11-7-8-12-26(23)32)36(34-30(24)31(25,2)19-27(33-3)29(20)37)22-15-17-35(18-16-22)21-9-5-4-6-10-21;1-20-25-14-13-24-28(23-11-7-8-12-26(23)32)34-36(30(24)31(25,2)19-27(33-3)29(20)37)22-15-17-35(18-16-22)21-9-5-4-6-10-21;1-18-15-21(17-33-34-18)20-8-10-22(11-9-20)36-29-23(27(35-36)25-7-5-6-14-32-25)12-13-24-19(2)28(37)26(31-4)16-30(24,29)3;1-14(2)17-7-9-18(10-8-17)24-27-23-21(28(24)16(4)29)12-11-19-15(3)22(30)20(26-6)13-25(19,23)5/h2*4-12,19-20,22,25H,13-18H2,1-2H3;5-11,14-17,19,24H,12-13H2,1-3H3;7-10,13-15,19H,11-12H2,1-5H3/t2*20-,25-,31-;19-,24-,30-;15-,19-,25-/m1111/s1. The van der Waals surface area contributed by atoms with Gasteiger partial charge in [-0.1, -0.05) is 197 Å². The highest BCUT2D eigenvalue weighted by atomic mass is 19.1. The SMILES string of the molecule is [C-]#[N+]C1=C[C@@]2(C)c3c(c(-c4ccccc4F)nn3C3CCN(c4ccccc4)CC3)CC[C@@H]2[C@@H](C)C1=O.[C-]#[N+]C1=C[C@@]2(C)c3c(c(-c4ccccn4)nn3-c3ccc(-c4cnnc(C)c4)cc3)CC[C@@H]2[C@@H](C)C1=O.[C-]#[N+]C1=C[C@@]2(C)c3nc(-c4ccc(C(C)C)cc4)n(C(C)=O)c3CC[C@@H]2[C@@H](C)C1=O.[C-]#[N+]C1=C[C@@]2(C)c3nn(C4CCN(c5ccccc5)CC4)c(-c4ccccc4F)c3CC[C@@H]2[C@@H](C)C1=O. The fourth-order valence-electron chi connectivity index (χ4n) is 25.3. The van der Waals surface area contributed by atoms with Gasteiger partial charge in [0.2, 0.25) is 28.7 Å². The number of hydrogen-bond acceptors (Lipinski definition) is 14. The first kappa shape index (κ1) is 95.1. The lowest BCUT2D eigenvalue weighted by Gasteiger charge is -2.46. The molecular weight excluding hydrogens is 1760 g/mol. The Morgan fingerprint density at radius 3 is 1.39 bits per heavy atom. The molecule has 6 aromatic heterocycles. The van der Waals surface area contributed by atoms with Crippen LogP contribution in [0.3, 0.4) is 0 Å². The number of hydrogen-bond donors (Lipinski definition) is 0. The van der Waals surface area contributed by atoms with Gasteiger partial charge in [0.25, 0.3) is 0 Å². The van der Waals surface area contributed by atoms with E-state index >= 15 is 8.78 Å².